The molecule has 0 spiro atoms. The largest absolute Gasteiger partial charge is 0.306 e. The number of nitrogens with one attached hydrogen (secondary N) is 1. The Morgan fingerprint density at radius 3 is 2.48 bits per heavy atom. The monoisotopic (exact) mass is 280 g/mol. The van der Waals surface area contributed by atoms with Crippen LogP contribution in [-0.2, 0) is 0 Å². The highest BCUT2D eigenvalue weighted by atomic mass is 19.1. The number of benzene rings is 2. The second-order valence-electron chi connectivity index (χ2n) is 4.86. The van der Waals surface area contributed by atoms with Crippen molar-refractivity contribution >= 4 is 0 Å². The van der Waals surface area contributed by atoms with E-state index >= 15 is 0 Å². The molecule has 3 nitrogen and oxygen atoms in total. The van der Waals surface area contributed by atoms with E-state index in [1.165, 1.54) is 18.2 Å². The van der Waals surface area contributed by atoms with Crippen molar-refractivity contribution in [3.63, 3.8) is 0 Å². The molecule has 0 aliphatic heterocycles. The molecule has 1 N–H and O–H groups in total. The fourth-order valence-electron chi connectivity index (χ4n) is 2.22. The predicted octanol–water partition coefficient (Wildman–Crippen LogP) is 3.55. The van der Waals surface area contributed by atoms with Crippen LogP contribution in [0.25, 0.3) is 22.6 Å². The molecule has 0 fully saturated rings. The summed E-state index contributed by atoms with van der Waals surface area (Å²) in [6, 6.07) is 15.3. The van der Waals surface area contributed by atoms with Crippen molar-refractivity contribution in [2.75, 3.05) is 0 Å². The molecule has 0 unspecified atom stereocenters. The fourth-order valence-corrected chi connectivity index (χ4v) is 2.22. The molecule has 0 bridgehead atoms. The van der Waals surface area contributed by atoms with E-state index in [4.69, 9.17) is 0 Å². The minimum absolute atomic E-state index is 0.263. The van der Waals surface area contributed by atoms with Crippen LogP contribution >= 0.6 is 0 Å². The first-order valence-electron chi connectivity index (χ1n) is 6.56. The average molecular weight is 280 g/mol. The summed E-state index contributed by atoms with van der Waals surface area (Å²) in [5.41, 5.74) is 2.38. The third-order valence-corrected chi connectivity index (χ3v) is 3.13. The van der Waals surface area contributed by atoms with Gasteiger partial charge in [-0.3, -0.25) is 4.79 Å². The molecule has 4 heteroatoms. The second-order valence-corrected chi connectivity index (χ2v) is 4.86. The fraction of sp³-hybridized carbons (Fsp3) is 0.0588. The Kier molecular flexibility index (Phi) is 3.36. The number of aryl methyl sites for hydroxylation is 1. The molecule has 0 aliphatic carbocycles. The van der Waals surface area contributed by atoms with Gasteiger partial charge in [0.25, 0.3) is 5.56 Å². The molecule has 0 saturated heterocycles. The smallest absolute Gasteiger partial charge is 0.251 e. The quantitative estimate of drug-likeness (QED) is 0.780. The van der Waals surface area contributed by atoms with Crippen LogP contribution in [0.15, 0.2) is 59.4 Å². The van der Waals surface area contributed by atoms with E-state index in [2.05, 4.69) is 9.97 Å². The van der Waals surface area contributed by atoms with Gasteiger partial charge in [-0.2, -0.15) is 0 Å². The van der Waals surface area contributed by atoms with Crippen LogP contribution in [0.3, 0.4) is 0 Å². The first-order chi connectivity index (χ1) is 10.1. The number of aromatic amines is 1. The molecule has 0 amide bonds. The van der Waals surface area contributed by atoms with E-state index < -0.39 is 0 Å². The minimum atomic E-state index is -0.339. The molecule has 104 valence electrons. The summed E-state index contributed by atoms with van der Waals surface area (Å²) >= 11 is 0. The zero-order valence-corrected chi connectivity index (χ0v) is 11.4. The highest BCUT2D eigenvalue weighted by Crippen LogP contribution is 2.21. The van der Waals surface area contributed by atoms with E-state index in [-0.39, 0.29) is 11.4 Å². The summed E-state index contributed by atoms with van der Waals surface area (Å²) in [4.78, 5) is 19.0. The molecule has 3 rings (SSSR count). The van der Waals surface area contributed by atoms with Crippen LogP contribution in [0.1, 0.15) is 5.56 Å². The van der Waals surface area contributed by atoms with Gasteiger partial charge in [0.05, 0.1) is 5.69 Å². The summed E-state index contributed by atoms with van der Waals surface area (Å²) in [6.07, 6.45) is 0. The highest BCUT2D eigenvalue weighted by Gasteiger charge is 2.07. The Morgan fingerprint density at radius 1 is 1.00 bits per heavy atom. The maximum atomic E-state index is 13.5. The van der Waals surface area contributed by atoms with Gasteiger partial charge in [-0.05, 0) is 30.7 Å². The maximum absolute atomic E-state index is 13.5. The van der Waals surface area contributed by atoms with Crippen LogP contribution in [0.2, 0.25) is 0 Å². The van der Waals surface area contributed by atoms with E-state index in [0.29, 0.717) is 17.1 Å². The minimum Gasteiger partial charge on any atom is -0.306 e. The van der Waals surface area contributed by atoms with Crippen molar-refractivity contribution in [3.05, 3.63) is 76.3 Å². The zero-order chi connectivity index (χ0) is 14.8. The summed E-state index contributed by atoms with van der Waals surface area (Å²) < 4.78 is 13.5. The van der Waals surface area contributed by atoms with E-state index in [1.807, 2.05) is 30.3 Å². The van der Waals surface area contributed by atoms with Crippen molar-refractivity contribution < 1.29 is 4.39 Å². The Hall–Kier alpha value is -2.75. The number of hydrogen-bond acceptors (Lipinski definition) is 2. The first-order valence-corrected chi connectivity index (χ1v) is 6.56. The lowest BCUT2D eigenvalue weighted by molar-refractivity contribution is 0.627. The van der Waals surface area contributed by atoms with E-state index in [9.17, 15) is 9.18 Å². The lowest BCUT2D eigenvalue weighted by atomic mass is 10.1. The molecular weight excluding hydrogens is 267 g/mol. The van der Waals surface area contributed by atoms with Crippen LogP contribution in [0, 0.1) is 12.7 Å². The van der Waals surface area contributed by atoms with Crippen molar-refractivity contribution in [3.8, 4) is 22.6 Å². The Labute approximate surface area is 121 Å². The molecule has 0 atom stereocenters. The number of aromatic nitrogens is 2. The third kappa shape index (κ3) is 2.89. The Balaban J connectivity index is 2.16. The Bertz CT molecular complexity index is 821. The molecule has 1 heterocycles. The molecule has 0 aliphatic rings. The van der Waals surface area contributed by atoms with Gasteiger partial charge >= 0.3 is 0 Å². The van der Waals surface area contributed by atoms with Gasteiger partial charge in [-0.1, -0.05) is 30.3 Å². The van der Waals surface area contributed by atoms with Crippen LogP contribution < -0.4 is 5.56 Å². The second kappa shape index (κ2) is 5.32. The predicted molar refractivity (Wildman–Crippen MR) is 80.4 cm³/mol. The Morgan fingerprint density at radius 2 is 1.76 bits per heavy atom. The van der Waals surface area contributed by atoms with Crippen molar-refractivity contribution in [1.82, 2.24) is 9.97 Å². The molecule has 2 aromatic carbocycles. The number of halogens is 1. The van der Waals surface area contributed by atoms with Gasteiger partial charge in [0.1, 0.15) is 11.6 Å². The van der Waals surface area contributed by atoms with Gasteiger partial charge in [0, 0.05) is 17.2 Å². The lowest BCUT2D eigenvalue weighted by Gasteiger charge is -2.06. The molecular formula is C17H13FN2O. The number of rotatable bonds is 2. The third-order valence-electron chi connectivity index (χ3n) is 3.13. The van der Waals surface area contributed by atoms with Gasteiger partial charge in [0.15, 0.2) is 0 Å². The normalized spacial score (nSPS) is 10.6. The SMILES string of the molecule is Cc1cc(F)cc(-c2cc(=O)[nH]c(-c3ccccc3)n2)c1. The molecule has 1 aromatic heterocycles. The molecule has 0 radical (unpaired) electrons. The summed E-state index contributed by atoms with van der Waals surface area (Å²) in [6.45, 7) is 1.80. The van der Waals surface area contributed by atoms with Crippen LogP contribution in [-0.4, -0.2) is 9.97 Å². The van der Waals surface area contributed by atoms with E-state index in [1.54, 1.807) is 13.0 Å². The van der Waals surface area contributed by atoms with Gasteiger partial charge in [0.2, 0.25) is 0 Å². The van der Waals surface area contributed by atoms with Crippen LogP contribution in [0.4, 0.5) is 4.39 Å². The van der Waals surface area contributed by atoms with Gasteiger partial charge in [-0.15, -0.1) is 0 Å². The van der Waals surface area contributed by atoms with Crippen molar-refractivity contribution in [2.24, 2.45) is 0 Å². The summed E-state index contributed by atoms with van der Waals surface area (Å²) in [7, 11) is 0. The van der Waals surface area contributed by atoms with Crippen molar-refractivity contribution in [1.29, 1.82) is 0 Å². The lowest BCUT2D eigenvalue weighted by Crippen LogP contribution is -2.08. The molecule has 3 aromatic rings. The zero-order valence-electron chi connectivity index (χ0n) is 11.4. The van der Waals surface area contributed by atoms with Gasteiger partial charge in [-0.25, -0.2) is 9.37 Å². The summed E-state index contributed by atoms with van der Waals surface area (Å²) in [5.74, 6) is 0.133. The van der Waals surface area contributed by atoms with Crippen molar-refractivity contribution in [2.45, 2.75) is 6.92 Å². The standard InChI is InChI=1S/C17H13FN2O/c1-11-7-13(9-14(18)8-11)15-10-16(21)20-17(19-15)12-5-3-2-4-6-12/h2-10H,1H3,(H,19,20,21). The average Bonchev–Trinajstić information content (AvgIpc) is 2.46. The molecule has 0 saturated carbocycles. The summed E-state index contributed by atoms with van der Waals surface area (Å²) in [5, 5.41) is 0. The number of H-pyrrole nitrogens is 1. The van der Waals surface area contributed by atoms with Gasteiger partial charge < -0.3 is 4.98 Å². The highest BCUT2D eigenvalue weighted by molar-refractivity contribution is 5.63. The van der Waals surface area contributed by atoms with Crippen LogP contribution in [0.5, 0.6) is 0 Å². The first kappa shape index (κ1) is 13.2. The molecule has 21 heavy (non-hydrogen) atoms. The number of hydrogen-bond donors (Lipinski definition) is 1. The number of nitrogens with zero attached hydrogens (tertiary/aromatic N) is 1. The maximum Gasteiger partial charge on any atom is 0.251 e. The van der Waals surface area contributed by atoms with E-state index in [0.717, 1.165) is 11.1 Å². The topological polar surface area (TPSA) is 45.8 Å².